The molecule has 1 fully saturated rings. The van der Waals surface area contributed by atoms with Gasteiger partial charge in [-0.25, -0.2) is 4.39 Å². The maximum Gasteiger partial charge on any atom is 0.393 e. The number of nitrogens with zero attached hydrogens (tertiary/aromatic N) is 4. The van der Waals surface area contributed by atoms with Crippen LogP contribution in [0.2, 0.25) is 0 Å². The highest BCUT2D eigenvalue weighted by molar-refractivity contribution is 7.23. The summed E-state index contributed by atoms with van der Waals surface area (Å²) in [7, 11) is 0. The summed E-state index contributed by atoms with van der Waals surface area (Å²) in [5, 5.41) is 27.6. The number of halogens is 4. The molecule has 244 valence electrons. The summed E-state index contributed by atoms with van der Waals surface area (Å²) in [5.74, 6) is -0.514. The number of fused-ring (bicyclic) bond motifs is 1. The van der Waals surface area contributed by atoms with E-state index in [9.17, 15) is 23.1 Å². The quantitative estimate of drug-likeness (QED) is 0.154. The Labute approximate surface area is 261 Å². The third kappa shape index (κ3) is 7.82. The van der Waals surface area contributed by atoms with Crippen molar-refractivity contribution in [2.45, 2.75) is 103 Å². The molecular formula is C30H37F4N7O3S. The summed E-state index contributed by atoms with van der Waals surface area (Å²) in [6, 6.07) is 4.32. The van der Waals surface area contributed by atoms with Gasteiger partial charge in [-0.15, -0.1) is 11.3 Å². The lowest BCUT2D eigenvalue weighted by Gasteiger charge is -2.39. The summed E-state index contributed by atoms with van der Waals surface area (Å²) in [6.07, 6.45) is -2.07. The van der Waals surface area contributed by atoms with E-state index >= 15 is 4.39 Å². The highest BCUT2D eigenvalue weighted by atomic mass is 32.1. The summed E-state index contributed by atoms with van der Waals surface area (Å²) in [4.78, 5) is 17.1. The van der Waals surface area contributed by atoms with Crippen molar-refractivity contribution < 1.29 is 32.0 Å². The van der Waals surface area contributed by atoms with Gasteiger partial charge in [0, 0.05) is 18.3 Å². The van der Waals surface area contributed by atoms with Crippen LogP contribution in [0.1, 0.15) is 68.8 Å². The van der Waals surface area contributed by atoms with Crippen LogP contribution in [0.3, 0.4) is 0 Å². The fraction of sp³-hybridized carbons (Fsp3) is 0.533. The molecule has 45 heavy (non-hydrogen) atoms. The Morgan fingerprint density at radius 2 is 2.02 bits per heavy atom. The zero-order valence-corrected chi connectivity index (χ0v) is 26.2. The van der Waals surface area contributed by atoms with Crippen LogP contribution < -0.4 is 16.0 Å². The van der Waals surface area contributed by atoms with E-state index in [0.29, 0.717) is 28.6 Å². The highest BCUT2D eigenvalue weighted by Gasteiger charge is 2.37. The van der Waals surface area contributed by atoms with Crippen LogP contribution >= 0.6 is 11.3 Å². The third-order valence-electron chi connectivity index (χ3n) is 7.74. The number of aromatic nitrogens is 4. The molecular weight excluding hydrogens is 614 g/mol. The minimum absolute atomic E-state index is 0.00161. The van der Waals surface area contributed by atoms with Crippen LogP contribution in [0.15, 0.2) is 35.1 Å². The summed E-state index contributed by atoms with van der Waals surface area (Å²) in [6.45, 7) is 7.21. The van der Waals surface area contributed by atoms with Gasteiger partial charge in [-0.1, -0.05) is 31.1 Å². The van der Waals surface area contributed by atoms with Crippen molar-refractivity contribution in [1.29, 1.82) is 0 Å². The monoisotopic (exact) mass is 651 g/mol. The van der Waals surface area contributed by atoms with E-state index in [2.05, 4.69) is 31.2 Å². The SMILES string of the molecule is CCC1CC(Nc2cccc3c(CC(F)(F)F)c(-c4noc(CNC(=O)c5cnn(CC(C)(C)O)c5)n4)sc23)C(F)C(CC)N1. The van der Waals surface area contributed by atoms with Crippen LogP contribution in [0, 0.1) is 0 Å². The van der Waals surface area contributed by atoms with Gasteiger partial charge >= 0.3 is 6.18 Å². The van der Waals surface area contributed by atoms with Gasteiger partial charge in [0.25, 0.3) is 5.91 Å². The smallest absolute Gasteiger partial charge is 0.389 e. The Hall–Kier alpha value is -3.56. The number of hydrogen-bond acceptors (Lipinski definition) is 9. The van der Waals surface area contributed by atoms with Crippen molar-refractivity contribution in [1.82, 2.24) is 30.6 Å². The van der Waals surface area contributed by atoms with Crippen LogP contribution in [-0.2, 0) is 19.5 Å². The molecule has 0 bridgehead atoms. The number of aliphatic hydroxyl groups is 1. The Bertz CT molecular complexity index is 1630. The van der Waals surface area contributed by atoms with Gasteiger partial charge in [-0.2, -0.15) is 23.3 Å². The molecule has 4 aromatic rings. The standard InChI is InChI=1S/C30H37F4N7O3S/c1-5-17-10-22(24(31)20(6-2)37-17)38-21-9-7-8-18-19(11-30(32,33)34)26(45-25(18)21)27-39-23(44-40-27)13-35-28(42)16-12-36-41(14-16)15-29(3,4)43/h7-9,12,14,17,20,22,24,37-38,43H,5-6,10-11,13,15H2,1-4H3,(H,35,42). The molecule has 1 aromatic carbocycles. The molecule has 3 aromatic heterocycles. The van der Waals surface area contributed by atoms with Crippen LogP contribution in [0.25, 0.3) is 20.8 Å². The van der Waals surface area contributed by atoms with Crippen molar-refractivity contribution in [2.75, 3.05) is 5.32 Å². The molecule has 4 atom stereocenters. The predicted octanol–water partition coefficient (Wildman–Crippen LogP) is 5.62. The number of amides is 1. The lowest BCUT2D eigenvalue weighted by atomic mass is 9.89. The lowest BCUT2D eigenvalue weighted by molar-refractivity contribution is -0.126. The average Bonchev–Trinajstić information content (AvgIpc) is 3.71. The second kappa shape index (κ2) is 13.0. The van der Waals surface area contributed by atoms with Gasteiger partial charge in [0.2, 0.25) is 11.7 Å². The van der Waals surface area contributed by atoms with Crippen molar-refractivity contribution in [3.05, 3.63) is 47.6 Å². The molecule has 0 saturated carbocycles. The van der Waals surface area contributed by atoms with Gasteiger partial charge in [-0.3, -0.25) is 9.48 Å². The normalized spacial score (nSPS) is 20.9. The molecule has 15 heteroatoms. The fourth-order valence-corrected chi connectivity index (χ4v) is 6.85. The molecule has 4 heterocycles. The van der Waals surface area contributed by atoms with Crippen molar-refractivity contribution in [3.63, 3.8) is 0 Å². The molecule has 0 spiro atoms. The molecule has 0 radical (unpaired) electrons. The fourth-order valence-electron chi connectivity index (χ4n) is 5.63. The largest absolute Gasteiger partial charge is 0.393 e. The van der Waals surface area contributed by atoms with Crippen LogP contribution in [0.4, 0.5) is 23.2 Å². The first-order chi connectivity index (χ1) is 21.2. The van der Waals surface area contributed by atoms with E-state index in [1.807, 2.05) is 13.8 Å². The first-order valence-electron chi connectivity index (χ1n) is 14.9. The summed E-state index contributed by atoms with van der Waals surface area (Å²) in [5.41, 5.74) is -0.224. The van der Waals surface area contributed by atoms with Gasteiger partial charge in [-0.05, 0) is 50.1 Å². The van der Waals surface area contributed by atoms with E-state index in [4.69, 9.17) is 4.52 Å². The van der Waals surface area contributed by atoms with Crippen LogP contribution in [0.5, 0.6) is 0 Å². The number of alkyl halides is 4. The Morgan fingerprint density at radius 1 is 1.24 bits per heavy atom. The number of anilines is 1. The van der Waals surface area contributed by atoms with Gasteiger partial charge in [0.05, 0.1) is 58.2 Å². The molecule has 1 amide bonds. The van der Waals surface area contributed by atoms with Crippen LogP contribution in [-0.4, -0.2) is 67.0 Å². The average molecular weight is 652 g/mol. The summed E-state index contributed by atoms with van der Waals surface area (Å²) < 4.78 is 64.1. The number of hydrogen-bond donors (Lipinski definition) is 4. The number of benzene rings is 1. The summed E-state index contributed by atoms with van der Waals surface area (Å²) >= 11 is 1.08. The second-order valence-electron chi connectivity index (χ2n) is 12.0. The lowest BCUT2D eigenvalue weighted by Crippen LogP contribution is -2.57. The number of thiophene rings is 1. The van der Waals surface area contributed by atoms with Gasteiger partial charge < -0.3 is 25.6 Å². The van der Waals surface area contributed by atoms with E-state index in [-0.39, 0.29) is 52.9 Å². The topological polar surface area (TPSA) is 130 Å². The van der Waals surface area contributed by atoms with E-state index in [1.54, 1.807) is 32.0 Å². The first-order valence-corrected chi connectivity index (χ1v) is 15.7. The second-order valence-corrected chi connectivity index (χ2v) is 13.1. The zero-order chi connectivity index (χ0) is 32.5. The molecule has 1 aliphatic heterocycles. The highest BCUT2D eigenvalue weighted by Crippen LogP contribution is 2.44. The third-order valence-corrected chi connectivity index (χ3v) is 9.02. The zero-order valence-electron chi connectivity index (χ0n) is 25.4. The maximum absolute atomic E-state index is 15.4. The maximum atomic E-state index is 15.4. The Morgan fingerprint density at radius 3 is 2.71 bits per heavy atom. The molecule has 4 unspecified atom stereocenters. The van der Waals surface area contributed by atoms with Crippen molar-refractivity contribution in [3.8, 4) is 10.7 Å². The van der Waals surface area contributed by atoms with E-state index in [0.717, 1.165) is 17.8 Å². The number of nitrogens with one attached hydrogen (secondary N) is 3. The molecule has 5 rings (SSSR count). The first kappa shape index (κ1) is 32.8. The molecule has 1 aliphatic rings. The Kier molecular flexibility index (Phi) is 9.52. The van der Waals surface area contributed by atoms with E-state index < -0.39 is 36.3 Å². The number of piperidine rings is 1. The minimum Gasteiger partial charge on any atom is -0.389 e. The molecule has 4 N–H and O–H groups in total. The molecule has 0 aliphatic carbocycles. The van der Waals surface area contributed by atoms with Crippen molar-refractivity contribution in [2.24, 2.45) is 0 Å². The number of rotatable bonds is 11. The molecule has 10 nitrogen and oxygen atoms in total. The van der Waals surface area contributed by atoms with Gasteiger partial charge in [0.1, 0.15) is 6.17 Å². The minimum atomic E-state index is -4.51. The van der Waals surface area contributed by atoms with E-state index in [1.165, 1.54) is 17.1 Å². The van der Waals surface area contributed by atoms with Crippen molar-refractivity contribution >= 4 is 33.0 Å². The number of carbonyl (C=O) groups excluding carboxylic acids is 1. The number of carbonyl (C=O) groups is 1. The Balaban J connectivity index is 1.39. The molecule has 1 saturated heterocycles. The van der Waals surface area contributed by atoms with Gasteiger partial charge in [0.15, 0.2) is 0 Å². The predicted molar refractivity (Wildman–Crippen MR) is 163 cm³/mol.